The van der Waals surface area contributed by atoms with Crippen molar-refractivity contribution < 1.29 is 44.3 Å². The zero-order chi connectivity index (χ0) is 27.9. The van der Waals surface area contributed by atoms with Crippen LogP contribution in [0.5, 0.6) is 5.75 Å². The molecule has 3 aromatic rings. The van der Waals surface area contributed by atoms with Gasteiger partial charge in [0.2, 0.25) is 0 Å². The fraction of sp³-hybridized carbons (Fsp3) is 0.333. The van der Waals surface area contributed by atoms with Crippen molar-refractivity contribution in [2.45, 2.75) is 50.1 Å². The summed E-state index contributed by atoms with van der Waals surface area (Å²) in [4.78, 5) is 0. The Morgan fingerprint density at radius 1 is 0.514 bits per heavy atom. The summed E-state index contributed by atoms with van der Waals surface area (Å²) >= 11 is 0. The number of benzene rings is 3. The normalized spacial score (nSPS) is 13.5. The lowest BCUT2D eigenvalue weighted by Gasteiger charge is -2.33. The standard InChI is InChI=1S/C27H23F9O/c1-23(2,3)21-12-8-19(9-13-21)17-4-6-18(7-5-17)20-10-14-22(15-11-20)37-16-24(28,29)25(30,31)26(32,33)27(34,35)36/h4-15H,16H2,1-3H3. The summed E-state index contributed by atoms with van der Waals surface area (Å²) in [5.74, 6) is -19.9. The van der Waals surface area contributed by atoms with Crippen LogP contribution in [0.25, 0.3) is 22.3 Å². The highest BCUT2D eigenvalue weighted by molar-refractivity contribution is 5.70. The summed E-state index contributed by atoms with van der Waals surface area (Å²) in [5, 5.41) is 0. The van der Waals surface area contributed by atoms with Crippen LogP contribution in [0.1, 0.15) is 26.3 Å². The van der Waals surface area contributed by atoms with Gasteiger partial charge in [0.25, 0.3) is 0 Å². The third-order valence-corrected chi connectivity index (χ3v) is 5.79. The first-order chi connectivity index (χ1) is 16.9. The first-order valence-electron chi connectivity index (χ1n) is 11.0. The second-order valence-corrected chi connectivity index (χ2v) is 9.57. The van der Waals surface area contributed by atoms with E-state index in [1.165, 1.54) is 17.7 Å². The number of hydrogen-bond donors (Lipinski definition) is 0. The van der Waals surface area contributed by atoms with E-state index in [-0.39, 0.29) is 5.41 Å². The molecule has 0 aliphatic heterocycles. The van der Waals surface area contributed by atoms with Gasteiger partial charge in [0.05, 0.1) is 0 Å². The molecule has 0 N–H and O–H groups in total. The third-order valence-electron chi connectivity index (χ3n) is 5.79. The molecule has 0 aliphatic rings. The molecule has 0 radical (unpaired) electrons. The van der Waals surface area contributed by atoms with Gasteiger partial charge in [-0.1, -0.05) is 81.4 Å². The minimum Gasteiger partial charge on any atom is -0.487 e. The summed E-state index contributed by atoms with van der Waals surface area (Å²) in [6.07, 6.45) is -6.87. The number of halogens is 9. The topological polar surface area (TPSA) is 9.23 Å². The van der Waals surface area contributed by atoms with E-state index in [0.29, 0.717) is 5.56 Å². The van der Waals surface area contributed by atoms with Gasteiger partial charge >= 0.3 is 23.9 Å². The van der Waals surface area contributed by atoms with Crippen molar-refractivity contribution in [3.05, 3.63) is 78.4 Å². The Kier molecular flexibility index (Phi) is 7.38. The molecule has 0 aromatic heterocycles. The lowest BCUT2D eigenvalue weighted by atomic mass is 9.86. The minimum absolute atomic E-state index is 0.0170. The molecule has 0 atom stereocenters. The Labute approximate surface area is 207 Å². The average Bonchev–Trinajstić information content (AvgIpc) is 2.82. The van der Waals surface area contributed by atoms with Crippen LogP contribution in [0.3, 0.4) is 0 Å². The first-order valence-corrected chi connectivity index (χ1v) is 11.0. The molecule has 3 rings (SSSR count). The second-order valence-electron chi connectivity index (χ2n) is 9.57. The maximum absolute atomic E-state index is 13.7. The predicted octanol–water partition coefficient (Wildman–Crippen LogP) is 9.17. The summed E-state index contributed by atoms with van der Waals surface area (Å²) < 4.78 is 121. The van der Waals surface area contributed by atoms with Crippen LogP contribution < -0.4 is 4.74 Å². The van der Waals surface area contributed by atoms with Gasteiger partial charge < -0.3 is 4.74 Å². The Morgan fingerprint density at radius 2 is 0.865 bits per heavy atom. The fourth-order valence-electron chi connectivity index (χ4n) is 3.43. The highest BCUT2D eigenvalue weighted by Crippen LogP contribution is 2.53. The van der Waals surface area contributed by atoms with Crippen molar-refractivity contribution in [2.24, 2.45) is 0 Å². The van der Waals surface area contributed by atoms with Gasteiger partial charge in [-0.2, -0.15) is 39.5 Å². The molecule has 200 valence electrons. The van der Waals surface area contributed by atoms with Crippen LogP contribution >= 0.6 is 0 Å². The summed E-state index contributed by atoms with van der Waals surface area (Å²) in [6.45, 7) is 3.95. The lowest BCUT2D eigenvalue weighted by molar-refractivity contribution is -0.398. The van der Waals surface area contributed by atoms with E-state index in [1.807, 2.05) is 36.4 Å². The average molecular weight is 534 g/mol. The Morgan fingerprint density at radius 3 is 1.22 bits per heavy atom. The van der Waals surface area contributed by atoms with Gasteiger partial charge in [-0.3, -0.25) is 0 Å². The Bertz CT molecular complexity index is 1190. The second kappa shape index (κ2) is 9.61. The van der Waals surface area contributed by atoms with Crippen LogP contribution in [0.15, 0.2) is 72.8 Å². The molecule has 0 heterocycles. The van der Waals surface area contributed by atoms with E-state index in [9.17, 15) is 39.5 Å². The van der Waals surface area contributed by atoms with E-state index in [0.717, 1.165) is 28.8 Å². The van der Waals surface area contributed by atoms with E-state index >= 15 is 0 Å². The maximum atomic E-state index is 13.7. The molecule has 0 saturated carbocycles. The van der Waals surface area contributed by atoms with Crippen molar-refractivity contribution in [1.82, 2.24) is 0 Å². The van der Waals surface area contributed by atoms with Crippen LogP contribution in [0, 0.1) is 0 Å². The van der Waals surface area contributed by atoms with Crippen molar-refractivity contribution in [2.75, 3.05) is 6.61 Å². The highest BCUT2D eigenvalue weighted by Gasteiger charge is 2.81. The van der Waals surface area contributed by atoms with Gasteiger partial charge in [-0.15, -0.1) is 0 Å². The predicted molar refractivity (Wildman–Crippen MR) is 122 cm³/mol. The van der Waals surface area contributed by atoms with Crippen LogP contribution in [0.2, 0.25) is 0 Å². The molecule has 1 nitrogen and oxygen atoms in total. The first kappa shape index (κ1) is 28.4. The molecule has 10 heteroatoms. The van der Waals surface area contributed by atoms with Gasteiger partial charge in [0.15, 0.2) is 6.61 Å². The van der Waals surface area contributed by atoms with Gasteiger partial charge in [-0.25, -0.2) is 0 Å². The number of hydrogen-bond acceptors (Lipinski definition) is 1. The van der Waals surface area contributed by atoms with Crippen molar-refractivity contribution in [1.29, 1.82) is 0 Å². The zero-order valence-electron chi connectivity index (χ0n) is 19.9. The van der Waals surface area contributed by atoms with Gasteiger partial charge in [0.1, 0.15) is 5.75 Å². The van der Waals surface area contributed by atoms with E-state index in [4.69, 9.17) is 0 Å². The highest BCUT2D eigenvalue weighted by atomic mass is 19.4. The van der Waals surface area contributed by atoms with Crippen LogP contribution in [0.4, 0.5) is 39.5 Å². The van der Waals surface area contributed by atoms with Crippen LogP contribution in [-0.2, 0) is 5.41 Å². The minimum atomic E-state index is -6.95. The van der Waals surface area contributed by atoms with Crippen molar-refractivity contribution in [3.63, 3.8) is 0 Å². The SMILES string of the molecule is CC(C)(C)c1ccc(-c2ccc(-c3ccc(OCC(F)(F)C(F)(F)C(F)(F)C(F)(F)F)cc3)cc2)cc1. The molecule has 0 unspecified atom stereocenters. The molecular formula is C27H23F9O. The summed E-state index contributed by atoms with van der Waals surface area (Å²) in [7, 11) is 0. The quantitative estimate of drug-likeness (QED) is 0.275. The maximum Gasteiger partial charge on any atom is 0.460 e. The Balaban J connectivity index is 1.69. The molecule has 0 saturated heterocycles. The lowest BCUT2D eigenvalue weighted by Crippen LogP contribution is -2.62. The van der Waals surface area contributed by atoms with Crippen molar-refractivity contribution in [3.8, 4) is 28.0 Å². The smallest absolute Gasteiger partial charge is 0.460 e. The third kappa shape index (κ3) is 5.72. The summed E-state index contributed by atoms with van der Waals surface area (Å²) in [5.41, 5.74) is 4.47. The Hall–Kier alpha value is -3.17. The van der Waals surface area contributed by atoms with Crippen LogP contribution in [-0.4, -0.2) is 30.6 Å². The molecule has 0 fully saturated rings. The van der Waals surface area contributed by atoms with Crippen molar-refractivity contribution >= 4 is 0 Å². The number of alkyl halides is 9. The molecule has 0 aliphatic carbocycles. The summed E-state index contributed by atoms with van der Waals surface area (Å²) in [6, 6.07) is 20.5. The molecule has 0 spiro atoms. The molecule has 37 heavy (non-hydrogen) atoms. The molecule has 0 amide bonds. The monoisotopic (exact) mass is 534 g/mol. The molecular weight excluding hydrogens is 511 g/mol. The van der Waals surface area contributed by atoms with E-state index in [1.54, 1.807) is 12.1 Å². The molecule has 3 aromatic carbocycles. The van der Waals surface area contributed by atoms with Gasteiger partial charge in [0, 0.05) is 0 Å². The molecule has 0 bridgehead atoms. The largest absolute Gasteiger partial charge is 0.487 e. The fourth-order valence-corrected chi connectivity index (χ4v) is 3.43. The number of rotatable bonds is 7. The van der Waals surface area contributed by atoms with E-state index < -0.39 is 36.3 Å². The zero-order valence-corrected chi connectivity index (χ0v) is 19.9. The number of ether oxygens (including phenoxy) is 1. The van der Waals surface area contributed by atoms with Gasteiger partial charge in [-0.05, 0) is 45.4 Å². The van der Waals surface area contributed by atoms with E-state index in [2.05, 4.69) is 25.5 Å².